The van der Waals surface area contributed by atoms with Crippen molar-refractivity contribution in [3.63, 3.8) is 0 Å². The number of benzene rings is 1. The van der Waals surface area contributed by atoms with Gasteiger partial charge < -0.3 is 10.2 Å². The average molecular weight is 393 g/mol. The van der Waals surface area contributed by atoms with Gasteiger partial charge in [-0.15, -0.1) is 0 Å². The van der Waals surface area contributed by atoms with Crippen LogP contribution >= 0.6 is 0 Å². The van der Waals surface area contributed by atoms with Gasteiger partial charge in [0, 0.05) is 25.0 Å². The number of carbonyl (C=O) groups is 2. The van der Waals surface area contributed by atoms with E-state index in [2.05, 4.69) is 20.5 Å². The summed E-state index contributed by atoms with van der Waals surface area (Å²) >= 11 is 0. The zero-order chi connectivity index (χ0) is 20.2. The molecule has 0 radical (unpaired) electrons. The molecule has 3 heterocycles. The molecule has 7 nitrogen and oxygen atoms in total. The maximum atomic E-state index is 13.0. The number of hydrogen-bond acceptors (Lipinski definition) is 4. The predicted octanol–water partition coefficient (Wildman–Crippen LogP) is 3.10. The number of nitrogens with zero attached hydrogens (tertiary/aromatic N) is 3. The molecule has 0 spiro atoms. The Morgan fingerprint density at radius 3 is 2.72 bits per heavy atom. The fourth-order valence-electron chi connectivity index (χ4n) is 3.40. The van der Waals surface area contributed by atoms with Crippen LogP contribution in [0.2, 0.25) is 0 Å². The summed E-state index contributed by atoms with van der Waals surface area (Å²) < 4.78 is 13.0. The molecule has 2 aromatic heterocycles. The maximum absolute atomic E-state index is 13.0. The van der Waals surface area contributed by atoms with E-state index >= 15 is 0 Å². The molecule has 1 saturated heterocycles. The summed E-state index contributed by atoms with van der Waals surface area (Å²) in [6.07, 6.45) is 3.09. The lowest BCUT2D eigenvalue weighted by atomic mass is 9.96. The third-order valence-electron chi connectivity index (χ3n) is 4.93. The van der Waals surface area contributed by atoms with Gasteiger partial charge in [0.2, 0.25) is 5.91 Å². The number of nitrogens with one attached hydrogen (secondary N) is 2. The summed E-state index contributed by atoms with van der Waals surface area (Å²) in [7, 11) is 0. The molecule has 0 unspecified atom stereocenters. The molecule has 0 aliphatic carbocycles. The highest BCUT2D eigenvalue weighted by Crippen LogP contribution is 2.22. The smallest absolute Gasteiger partial charge is 0.271 e. The number of anilines is 1. The van der Waals surface area contributed by atoms with E-state index in [-0.39, 0.29) is 23.5 Å². The van der Waals surface area contributed by atoms with Gasteiger partial charge in [0.05, 0.1) is 11.6 Å². The van der Waals surface area contributed by atoms with Gasteiger partial charge in [-0.1, -0.05) is 6.07 Å². The Bertz CT molecular complexity index is 1000. The highest BCUT2D eigenvalue weighted by molar-refractivity contribution is 5.95. The van der Waals surface area contributed by atoms with Crippen LogP contribution in [0.3, 0.4) is 0 Å². The standard InChI is InChI=1S/C21H20FN5O2/c22-15-6-8-16(9-7-15)24-20(28)14-4-3-11-27(13-14)21(29)19-12-18(25-26-19)17-5-1-2-10-23-17/h1-2,5-10,12,14H,3-4,11,13H2,(H,24,28)(H,25,26)/t14-/m0/s1. The summed E-state index contributed by atoms with van der Waals surface area (Å²) in [5.74, 6) is -1.05. The molecule has 0 bridgehead atoms. The molecule has 2 N–H and O–H groups in total. The second kappa shape index (κ2) is 8.22. The number of likely N-dealkylation sites (tertiary alicyclic amines) is 1. The van der Waals surface area contributed by atoms with Crippen LogP contribution in [0.1, 0.15) is 23.3 Å². The van der Waals surface area contributed by atoms with E-state index in [4.69, 9.17) is 0 Å². The van der Waals surface area contributed by atoms with Crippen molar-refractivity contribution < 1.29 is 14.0 Å². The first-order valence-corrected chi connectivity index (χ1v) is 9.42. The number of aromatic nitrogens is 3. The molecule has 0 saturated carbocycles. The summed E-state index contributed by atoms with van der Waals surface area (Å²) in [5, 5.41) is 9.74. The van der Waals surface area contributed by atoms with E-state index in [0.717, 1.165) is 6.42 Å². The monoisotopic (exact) mass is 393 g/mol. The van der Waals surface area contributed by atoms with E-state index in [1.54, 1.807) is 17.2 Å². The number of H-pyrrole nitrogens is 1. The molecule has 1 atom stereocenters. The SMILES string of the molecule is O=C(Nc1ccc(F)cc1)[C@H]1CCCN(C(=O)c2cc(-c3ccccn3)n[nH]2)C1. The number of carbonyl (C=O) groups excluding carboxylic acids is 2. The molecule has 1 fully saturated rings. The van der Waals surface area contributed by atoms with Gasteiger partial charge in [-0.05, 0) is 55.3 Å². The van der Waals surface area contributed by atoms with Gasteiger partial charge in [-0.2, -0.15) is 5.10 Å². The Morgan fingerprint density at radius 1 is 1.14 bits per heavy atom. The van der Waals surface area contributed by atoms with Crippen molar-refractivity contribution in [2.24, 2.45) is 5.92 Å². The van der Waals surface area contributed by atoms with Crippen molar-refractivity contribution in [3.8, 4) is 11.4 Å². The van der Waals surface area contributed by atoms with E-state index in [0.29, 0.717) is 42.3 Å². The number of piperidine rings is 1. The van der Waals surface area contributed by atoms with E-state index in [1.807, 2.05) is 18.2 Å². The van der Waals surface area contributed by atoms with E-state index in [9.17, 15) is 14.0 Å². The summed E-state index contributed by atoms with van der Waals surface area (Å²) in [6.45, 7) is 0.904. The second-order valence-electron chi connectivity index (χ2n) is 6.97. The fourth-order valence-corrected chi connectivity index (χ4v) is 3.40. The molecular formula is C21H20FN5O2. The van der Waals surface area contributed by atoms with Crippen LogP contribution in [0.4, 0.5) is 10.1 Å². The first kappa shape index (κ1) is 18.8. The number of pyridine rings is 1. The largest absolute Gasteiger partial charge is 0.337 e. The first-order valence-electron chi connectivity index (χ1n) is 9.42. The number of rotatable bonds is 4. The molecule has 8 heteroatoms. The van der Waals surface area contributed by atoms with Crippen LogP contribution in [0.25, 0.3) is 11.4 Å². The van der Waals surface area contributed by atoms with Gasteiger partial charge in [0.1, 0.15) is 17.2 Å². The van der Waals surface area contributed by atoms with Crippen LogP contribution in [0, 0.1) is 11.7 Å². The normalized spacial score (nSPS) is 16.4. The molecule has 1 aliphatic rings. The van der Waals surface area contributed by atoms with Gasteiger partial charge in [0.25, 0.3) is 5.91 Å². The number of halogens is 1. The van der Waals surface area contributed by atoms with Crippen molar-refractivity contribution in [1.82, 2.24) is 20.1 Å². The Labute approximate surface area is 167 Å². The minimum atomic E-state index is -0.359. The lowest BCUT2D eigenvalue weighted by Gasteiger charge is -2.31. The number of aromatic amines is 1. The zero-order valence-electron chi connectivity index (χ0n) is 15.6. The van der Waals surface area contributed by atoms with Crippen LogP contribution in [-0.2, 0) is 4.79 Å². The van der Waals surface area contributed by atoms with Crippen molar-refractivity contribution in [2.75, 3.05) is 18.4 Å². The van der Waals surface area contributed by atoms with Gasteiger partial charge in [-0.3, -0.25) is 19.7 Å². The van der Waals surface area contributed by atoms with Crippen molar-refractivity contribution in [3.05, 3.63) is 66.2 Å². The molecule has 148 valence electrons. The third kappa shape index (κ3) is 4.31. The van der Waals surface area contributed by atoms with E-state index < -0.39 is 0 Å². The Kier molecular flexibility index (Phi) is 5.33. The van der Waals surface area contributed by atoms with Crippen molar-refractivity contribution in [1.29, 1.82) is 0 Å². The Hall–Kier alpha value is -3.55. The van der Waals surface area contributed by atoms with Crippen LogP contribution in [0.15, 0.2) is 54.7 Å². The fraction of sp³-hybridized carbons (Fsp3) is 0.238. The quantitative estimate of drug-likeness (QED) is 0.713. The zero-order valence-corrected chi connectivity index (χ0v) is 15.6. The van der Waals surface area contributed by atoms with Crippen LogP contribution in [0.5, 0.6) is 0 Å². The van der Waals surface area contributed by atoms with E-state index in [1.165, 1.54) is 24.3 Å². The van der Waals surface area contributed by atoms with Crippen molar-refractivity contribution in [2.45, 2.75) is 12.8 Å². The molecule has 4 rings (SSSR count). The third-order valence-corrected chi connectivity index (χ3v) is 4.93. The summed E-state index contributed by atoms with van der Waals surface area (Å²) in [6, 6.07) is 12.8. The summed E-state index contributed by atoms with van der Waals surface area (Å²) in [4.78, 5) is 31.3. The van der Waals surface area contributed by atoms with Crippen LogP contribution in [-0.4, -0.2) is 45.0 Å². The topological polar surface area (TPSA) is 91.0 Å². The maximum Gasteiger partial charge on any atom is 0.271 e. The van der Waals surface area contributed by atoms with Gasteiger partial charge in [0.15, 0.2) is 0 Å². The van der Waals surface area contributed by atoms with Gasteiger partial charge >= 0.3 is 0 Å². The second-order valence-corrected chi connectivity index (χ2v) is 6.97. The summed E-state index contributed by atoms with van der Waals surface area (Å²) in [5.41, 5.74) is 2.17. The predicted molar refractivity (Wildman–Crippen MR) is 105 cm³/mol. The Morgan fingerprint density at radius 2 is 1.97 bits per heavy atom. The molecule has 1 aromatic carbocycles. The molecule has 2 amide bonds. The molecule has 3 aromatic rings. The molecule has 1 aliphatic heterocycles. The van der Waals surface area contributed by atoms with Crippen molar-refractivity contribution >= 4 is 17.5 Å². The molecule has 29 heavy (non-hydrogen) atoms. The molecular weight excluding hydrogens is 373 g/mol. The average Bonchev–Trinajstić information content (AvgIpc) is 3.26. The Balaban J connectivity index is 1.41. The first-order chi connectivity index (χ1) is 14.1. The highest BCUT2D eigenvalue weighted by Gasteiger charge is 2.29. The van der Waals surface area contributed by atoms with Crippen LogP contribution < -0.4 is 5.32 Å². The number of hydrogen-bond donors (Lipinski definition) is 2. The highest BCUT2D eigenvalue weighted by atomic mass is 19.1. The lowest BCUT2D eigenvalue weighted by Crippen LogP contribution is -2.43. The lowest BCUT2D eigenvalue weighted by molar-refractivity contribution is -0.121. The minimum absolute atomic E-state index is 0.173. The number of amides is 2. The van der Waals surface area contributed by atoms with Gasteiger partial charge in [-0.25, -0.2) is 4.39 Å². The minimum Gasteiger partial charge on any atom is -0.337 e.